The Morgan fingerprint density at radius 2 is 1.81 bits per heavy atom. The normalized spacial score (nSPS) is 18.9. The van der Waals surface area contributed by atoms with E-state index in [4.69, 9.17) is 15.2 Å². The lowest BCUT2D eigenvalue weighted by Gasteiger charge is -2.32. The van der Waals surface area contributed by atoms with Gasteiger partial charge in [0.25, 0.3) is 0 Å². The number of anilines is 1. The lowest BCUT2D eigenvalue weighted by Crippen LogP contribution is -2.35. The fourth-order valence-electron chi connectivity index (χ4n) is 3.44. The van der Waals surface area contributed by atoms with E-state index in [1.165, 1.54) is 11.1 Å². The van der Waals surface area contributed by atoms with Crippen LogP contribution < -0.4 is 15.4 Å². The minimum Gasteiger partial charge on any atom is -0.492 e. The molecule has 1 aromatic heterocycles. The molecule has 6 heteroatoms. The third-order valence-corrected chi connectivity index (χ3v) is 4.93. The summed E-state index contributed by atoms with van der Waals surface area (Å²) < 4.78 is 11.2. The van der Waals surface area contributed by atoms with Crippen LogP contribution in [0, 0.1) is 13.8 Å². The molecule has 0 radical (unpaired) electrons. The molecule has 0 atom stereocenters. The molecule has 3 rings (SSSR count). The summed E-state index contributed by atoms with van der Waals surface area (Å²) in [6, 6.07) is 8.64. The molecule has 6 nitrogen and oxygen atoms in total. The summed E-state index contributed by atoms with van der Waals surface area (Å²) in [6.45, 7) is 5.90. The molecule has 0 bridgehead atoms. The Morgan fingerprint density at radius 3 is 2.44 bits per heavy atom. The van der Waals surface area contributed by atoms with E-state index >= 15 is 0 Å². The first-order chi connectivity index (χ1) is 12.9. The quantitative estimate of drug-likeness (QED) is 0.770. The van der Waals surface area contributed by atoms with Gasteiger partial charge >= 0.3 is 0 Å². The molecule has 27 heavy (non-hydrogen) atoms. The summed E-state index contributed by atoms with van der Waals surface area (Å²) in [7, 11) is 3.69. The van der Waals surface area contributed by atoms with Crippen LogP contribution in [-0.4, -0.2) is 43.3 Å². The van der Waals surface area contributed by atoms with Crippen molar-refractivity contribution in [3.05, 3.63) is 46.9 Å². The monoisotopic (exact) mass is 370 g/mol. The first-order valence-electron chi connectivity index (χ1n) is 9.49. The van der Waals surface area contributed by atoms with Crippen molar-refractivity contribution in [3.63, 3.8) is 0 Å². The maximum Gasteiger partial charge on any atom is 0.156 e. The number of aromatic nitrogens is 2. The van der Waals surface area contributed by atoms with Crippen LogP contribution >= 0.6 is 0 Å². The molecule has 1 aliphatic rings. The molecule has 0 spiro atoms. The molecule has 2 aromatic rings. The number of likely N-dealkylation sites (N-methyl/N-ethyl adjacent to an activating group) is 1. The Kier molecular flexibility index (Phi) is 6.29. The highest BCUT2D eigenvalue weighted by Crippen LogP contribution is 2.35. The van der Waals surface area contributed by atoms with Crippen LogP contribution in [0.1, 0.15) is 41.4 Å². The zero-order valence-electron chi connectivity index (χ0n) is 16.7. The second-order valence-corrected chi connectivity index (χ2v) is 7.52. The largest absolute Gasteiger partial charge is 0.492 e. The van der Waals surface area contributed by atoms with E-state index in [1.807, 2.05) is 7.05 Å². The van der Waals surface area contributed by atoms with Crippen molar-refractivity contribution in [3.8, 4) is 5.75 Å². The lowest BCUT2D eigenvalue weighted by atomic mass is 9.78. The van der Waals surface area contributed by atoms with E-state index in [1.54, 1.807) is 7.11 Å². The fourth-order valence-corrected chi connectivity index (χ4v) is 3.44. The van der Waals surface area contributed by atoms with Crippen molar-refractivity contribution >= 4 is 5.82 Å². The van der Waals surface area contributed by atoms with Gasteiger partial charge in [0.05, 0.1) is 6.54 Å². The Morgan fingerprint density at radius 1 is 1.11 bits per heavy atom. The predicted molar refractivity (Wildman–Crippen MR) is 107 cm³/mol. The van der Waals surface area contributed by atoms with Crippen molar-refractivity contribution in [1.82, 2.24) is 9.97 Å². The topological polar surface area (TPSA) is 73.5 Å². The van der Waals surface area contributed by atoms with Crippen LogP contribution in [0.4, 0.5) is 5.82 Å². The average molecular weight is 370 g/mol. The van der Waals surface area contributed by atoms with Gasteiger partial charge < -0.3 is 20.1 Å². The summed E-state index contributed by atoms with van der Waals surface area (Å²) in [6.07, 6.45) is 1.98. The maximum absolute atomic E-state index is 5.95. The number of benzene rings is 1. The Balaban J connectivity index is 1.64. The van der Waals surface area contributed by atoms with Gasteiger partial charge in [-0.05, 0) is 49.9 Å². The Bertz CT molecular complexity index is 755. The molecule has 1 heterocycles. The van der Waals surface area contributed by atoms with Gasteiger partial charge in [0.15, 0.2) is 5.82 Å². The highest BCUT2D eigenvalue weighted by molar-refractivity contribution is 5.40. The molecular formula is C21H30N4O2. The molecule has 0 unspecified atom stereocenters. The third kappa shape index (κ3) is 5.17. The third-order valence-electron chi connectivity index (χ3n) is 4.93. The van der Waals surface area contributed by atoms with E-state index in [-0.39, 0.29) is 0 Å². The molecule has 1 aromatic carbocycles. The molecule has 1 aliphatic carbocycles. The van der Waals surface area contributed by atoms with Gasteiger partial charge in [-0.25, -0.2) is 9.97 Å². The zero-order chi connectivity index (χ0) is 19.4. The second kappa shape index (κ2) is 8.67. The van der Waals surface area contributed by atoms with Gasteiger partial charge in [-0.1, -0.05) is 6.07 Å². The van der Waals surface area contributed by atoms with Crippen LogP contribution in [-0.2, 0) is 11.3 Å². The number of aryl methyl sites for hydroxylation is 2. The molecule has 0 aliphatic heterocycles. The van der Waals surface area contributed by atoms with Crippen molar-refractivity contribution in [2.24, 2.45) is 5.73 Å². The average Bonchev–Trinajstić information content (AvgIpc) is 2.58. The molecule has 2 N–H and O–H groups in total. The van der Waals surface area contributed by atoms with Crippen LogP contribution in [0.2, 0.25) is 0 Å². The SMILES string of the molecule is COCc1nc(C2CC(N)C2)cc(N(C)CCOc2cc(C)cc(C)c2)n1. The summed E-state index contributed by atoms with van der Waals surface area (Å²) in [4.78, 5) is 11.4. The molecule has 0 saturated heterocycles. The van der Waals surface area contributed by atoms with Crippen LogP contribution in [0.3, 0.4) is 0 Å². The van der Waals surface area contributed by atoms with Gasteiger partial charge in [-0.15, -0.1) is 0 Å². The van der Waals surface area contributed by atoms with E-state index in [0.717, 1.165) is 36.6 Å². The summed E-state index contributed by atoms with van der Waals surface area (Å²) in [5.41, 5.74) is 9.43. The van der Waals surface area contributed by atoms with E-state index in [9.17, 15) is 0 Å². The Labute approximate surface area is 161 Å². The molecule has 146 valence electrons. The number of hydrogen-bond donors (Lipinski definition) is 1. The van der Waals surface area contributed by atoms with Gasteiger partial charge in [-0.3, -0.25) is 0 Å². The van der Waals surface area contributed by atoms with Crippen LogP contribution in [0.15, 0.2) is 24.3 Å². The molecule has 0 amide bonds. The maximum atomic E-state index is 5.95. The zero-order valence-corrected chi connectivity index (χ0v) is 16.7. The first-order valence-corrected chi connectivity index (χ1v) is 9.49. The van der Waals surface area contributed by atoms with E-state index in [0.29, 0.717) is 31.0 Å². The van der Waals surface area contributed by atoms with Gasteiger partial charge in [0.1, 0.15) is 24.8 Å². The fraction of sp³-hybridized carbons (Fsp3) is 0.524. The van der Waals surface area contributed by atoms with Gasteiger partial charge in [0.2, 0.25) is 0 Å². The van der Waals surface area contributed by atoms with Crippen LogP contribution in [0.25, 0.3) is 0 Å². The molecule has 1 saturated carbocycles. The van der Waals surface area contributed by atoms with Gasteiger partial charge in [-0.2, -0.15) is 0 Å². The number of nitrogens with two attached hydrogens (primary N) is 1. The van der Waals surface area contributed by atoms with Gasteiger partial charge in [0, 0.05) is 37.9 Å². The van der Waals surface area contributed by atoms with Crippen molar-refractivity contribution in [2.45, 2.75) is 45.3 Å². The summed E-state index contributed by atoms with van der Waals surface area (Å²) in [5, 5.41) is 0. The minimum atomic E-state index is 0.295. The standard InChI is InChI=1S/C21H30N4O2/c1-14-7-15(2)9-18(8-14)27-6-5-25(3)21-12-19(16-10-17(22)11-16)23-20(24-21)13-26-4/h7-9,12,16-17H,5-6,10-11,13,22H2,1-4H3. The molecule has 1 fully saturated rings. The van der Waals surface area contributed by atoms with Crippen molar-refractivity contribution < 1.29 is 9.47 Å². The first kappa shape index (κ1) is 19.6. The predicted octanol–water partition coefficient (Wildman–Crippen LogP) is 2.96. The van der Waals surface area contributed by atoms with E-state index in [2.05, 4.69) is 53.0 Å². The van der Waals surface area contributed by atoms with E-state index < -0.39 is 0 Å². The Hall–Kier alpha value is -2.18. The number of nitrogens with zero attached hydrogens (tertiary/aromatic N) is 3. The number of rotatable bonds is 8. The highest BCUT2D eigenvalue weighted by atomic mass is 16.5. The minimum absolute atomic E-state index is 0.295. The second-order valence-electron chi connectivity index (χ2n) is 7.52. The van der Waals surface area contributed by atoms with Crippen molar-refractivity contribution in [1.29, 1.82) is 0 Å². The smallest absolute Gasteiger partial charge is 0.156 e. The number of hydrogen-bond acceptors (Lipinski definition) is 6. The highest BCUT2D eigenvalue weighted by Gasteiger charge is 2.29. The van der Waals surface area contributed by atoms with Crippen LogP contribution in [0.5, 0.6) is 5.75 Å². The lowest BCUT2D eigenvalue weighted by molar-refractivity contribution is 0.177. The number of ether oxygens (including phenoxy) is 2. The van der Waals surface area contributed by atoms with Crippen molar-refractivity contribution in [2.75, 3.05) is 32.2 Å². The summed E-state index contributed by atoms with van der Waals surface area (Å²) in [5.74, 6) is 2.95. The summed E-state index contributed by atoms with van der Waals surface area (Å²) >= 11 is 0. The molecular weight excluding hydrogens is 340 g/mol. The number of methoxy groups -OCH3 is 1.